The molecule has 0 spiro atoms. The van der Waals surface area contributed by atoms with Gasteiger partial charge in [0.15, 0.2) is 0 Å². The number of Topliss-reactive ketones (excluding diaryl/α,β-unsaturated/α-hetero) is 1. The first kappa shape index (κ1) is 12.7. The highest BCUT2D eigenvalue weighted by atomic mass is 16.5. The quantitative estimate of drug-likeness (QED) is 0.816. The van der Waals surface area contributed by atoms with Gasteiger partial charge in [-0.25, -0.2) is 0 Å². The van der Waals surface area contributed by atoms with Gasteiger partial charge in [-0.15, -0.1) is 0 Å². The number of ketones is 1. The van der Waals surface area contributed by atoms with E-state index in [-0.39, 0.29) is 5.92 Å². The van der Waals surface area contributed by atoms with Crippen LogP contribution in [-0.4, -0.2) is 12.4 Å². The van der Waals surface area contributed by atoms with Crippen LogP contribution in [0, 0.1) is 5.92 Å². The van der Waals surface area contributed by atoms with Gasteiger partial charge in [0.2, 0.25) is 0 Å². The van der Waals surface area contributed by atoms with Crippen molar-refractivity contribution in [2.24, 2.45) is 5.92 Å². The molecule has 1 heterocycles. The predicted octanol–water partition coefficient (Wildman–Crippen LogP) is 4.09. The van der Waals surface area contributed by atoms with Crippen LogP contribution in [0.1, 0.15) is 56.4 Å². The van der Waals surface area contributed by atoms with Crippen molar-refractivity contribution in [2.75, 3.05) is 6.61 Å². The molecule has 1 saturated carbocycles. The zero-order valence-electron chi connectivity index (χ0n) is 11.4. The second-order valence-electron chi connectivity index (χ2n) is 5.90. The van der Waals surface area contributed by atoms with Gasteiger partial charge in [0.25, 0.3) is 0 Å². The zero-order valence-corrected chi connectivity index (χ0v) is 11.4. The molecule has 19 heavy (non-hydrogen) atoms. The summed E-state index contributed by atoms with van der Waals surface area (Å²) in [6.45, 7) is 0.679. The first-order valence-electron chi connectivity index (χ1n) is 7.59. The normalized spacial score (nSPS) is 23.5. The van der Waals surface area contributed by atoms with Crippen LogP contribution in [0.4, 0.5) is 0 Å². The second-order valence-corrected chi connectivity index (χ2v) is 5.90. The highest BCUT2D eigenvalue weighted by Gasteiger charge is 2.29. The number of rotatable bonds is 3. The molecule has 1 unspecified atom stereocenters. The van der Waals surface area contributed by atoms with Gasteiger partial charge >= 0.3 is 0 Å². The molecule has 2 aliphatic rings. The average molecular weight is 258 g/mol. The van der Waals surface area contributed by atoms with Crippen LogP contribution in [0.15, 0.2) is 24.3 Å². The second kappa shape index (κ2) is 5.77. The van der Waals surface area contributed by atoms with E-state index in [0.717, 1.165) is 24.2 Å². The molecule has 1 aliphatic heterocycles. The Labute approximate surface area is 115 Å². The molecule has 1 aromatic carbocycles. The lowest BCUT2D eigenvalue weighted by Crippen LogP contribution is -2.23. The largest absolute Gasteiger partial charge is 0.493 e. The Hall–Kier alpha value is -1.31. The van der Waals surface area contributed by atoms with Gasteiger partial charge in [-0.2, -0.15) is 0 Å². The van der Waals surface area contributed by atoms with E-state index in [4.69, 9.17) is 4.74 Å². The maximum absolute atomic E-state index is 12.6. The van der Waals surface area contributed by atoms with Crippen LogP contribution < -0.4 is 4.74 Å². The Balaban J connectivity index is 1.70. The van der Waals surface area contributed by atoms with E-state index >= 15 is 0 Å². The molecule has 2 heteroatoms. The van der Waals surface area contributed by atoms with Crippen molar-refractivity contribution in [2.45, 2.75) is 50.9 Å². The summed E-state index contributed by atoms with van der Waals surface area (Å²) in [6, 6.07) is 8.02. The number of ether oxygens (including phenoxy) is 1. The highest BCUT2D eigenvalue weighted by molar-refractivity contribution is 5.87. The van der Waals surface area contributed by atoms with E-state index in [1.54, 1.807) is 0 Å². The van der Waals surface area contributed by atoms with Crippen LogP contribution in [0.5, 0.6) is 5.75 Å². The monoisotopic (exact) mass is 258 g/mol. The van der Waals surface area contributed by atoms with Gasteiger partial charge in [0, 0.05) is 17.9 Å². The molecule has 3 rings (SSSR count). The Kier molecular flexibility index (Phi) is 3.86. The molecular formula is C17H22O2. The Bertz CT molecular complexity index is 446. The van der Waals surface area contributed by atoms with Gasteiger partial charge in [-0.3, -0.25) is 4.79 Å². The van der Waals surface area contributed by atoms with Gasteiger partial charge in [0.05, 0.1) is 6.61 Å². The van der Waals surface area contributed by atoms with E-state index in [1.807, 2.05) is 18.2 Å². The van der Waals surface area contributed by atoms with Gasteiger partial charge in [-0.05, 0) is 18.4 Å². The maximum Gasteiger partial charge on any atom is 0.140 e. The summed E-state index contributed by atoms with van der Waals surface area (Å²) in [5.41, 5.74) is 1.11. The Morgan fingerprint density at radius 2 is 1.89 bits per heavy atom. The van der Waals surface area contributed by atoms with Gasteiger partial charge in [-0.1, -0.05) is 50.3 Å². The van der Waals surface area contributed by atoms with Crippen LogP contribution in [-0.2, 0) is 4.79 Å². The summed E-state index contributed by atoms with van der Waals surface area (Å²) in [4.78, 5) is 12.6. The van der Waals surface area contributed by atoms with Crippen molar-refractivity contribution in [3.63, 3.8) is 0 Å². The molecule has 1 aliphatic carbocycles. The van der Waals surface area contributed by atoms with Crippen molar-refractivity contribution in [3.8, 4) is 5.75 Å². The Morgan fingerprint density at radius 3 is 2.74 bits per heavy atom. The van der Waals surface area contributed by atoms with Crippen molar-refractivity contribution in [1.29, 1.82) is 0 Å². The number of carbonyl (C=O) groups is 1. The molecule has 0 aromatic heterocycles. The number of para-hydroxylation sites is 1. The molecule has 1 aromatic rings. The van der Waals surface area contributed by atoms with Crippen molar-refractivity contribution in [1.82, 2.24) is 0 Å². The third kappa shape index (κ3) is 2.83. The fourth-order valence-corrected chi connectivity index (χ4v) is 3.49. The molecule has 0 bridgehead atoms. The average Bonchev–Trinajstić information content (AvgIpc) is 2.47. The minimum Gasteiger partial charge on any atom is -0.493 e. The third-order valence-electron chi connectivity index (χ3n) is 4.56. The summed E-state index contributed by atoms with van der Waals surface area (Å²) in [5.74, 6) is 2.06. The first-order valence-corrected chi connectivity index (χ1v) is 7.59. The number of hydrogen-bond acceptors (Lipinski definition) is 2. The molecule has 1 atom stereocenters. The number of carbonyl (C=O) groups excluding carboxylic acids is 1. The third-order valence-corrected chi connectivity index (χ3v) is 4.56. The number of benzene rings is 1. The molecule has 0 saturated heterocycles. The topological polar surface area (TPSA) is 26.3 Å². The standard InChI is InChI=1S/C17H22O2/c18-16(12-13-6-2-1-3-7-13)14-10-11-19-17-9-5-4-8-15(14)17/h4-5,8-9,13-14H,1-3,6-7,10-12H2. The molecule has 2 nitrogen and oxygen atoms in total. The maximum atomic E-state index is 12.6. The van der Waals surface area contributed by atoms with Crippen LogP contribution in [0.3, 0.4) is 0 Å². The van der Waals surface area contributed by atoms with Gasteiger partial charge < -0.3 is 4.74 Å². The fraction of sp³-hybridized carbons (Fsp3) is 0.588. The molecular weight excluding hydrogens is 236 g/mol. The number of fused-ring (bicyclic) bond motifs is 1. The van der Waals surface area contributed by atoms with Crippen LogP contribution in [0.2, 0.25) is 0 Å². The highest BCUT2D eigenvalue weighted by Crippen LogP contribution is 2.36. The fourth-order valence-electron chi connectivity index (χ4n) is 3.49. The molecule has 0 N–H and O–H groups in total. The molecule has 0 radical (unpaired) electrons. The summed E-state index contributed by atoms with van der Waals surface area (Å²) in [6.07, 6.45) is 8.09. The van der Waals surface area contributed by atoms with E-state index < -0.39 is 0 Å². The molecule has 0 amide bonds. The number of hydrogen-bond donors (Lipinski definition) is 0. The smallest absolute Gasteiger partial charge is 0.140 e. The summed E-state index contributed by atoms with van der Waals surface area (Å²) < 4.78 is 5.64. The molecule has 102 valence electrons. The first-order chi connectivity index (χ1) is 9.34. The van der Waals surface area contributed by atoms with Crippen LogP contribution in [0.25, 0.3) is 0 Å². The van der Waals surface area contributed by atoms with E-state index in [9.17, 15) is 4.79 Å². The summed E-state index contributed by atoms with van der Waals surface area (Å²) in [5, 5.41) is 0. The van der Waals surface area contributed by atoms with E-state index in [2.05, 4.69) is 6.07 Å². The van der Waals surface area contributed by atoms with E-state index in [1.165, 1.54) is 32.1 Å². The SMILES string of the molecule is O=C(CC1CCCCC1)C1CCOc2ccccc21. The van der Waals surface area contributed by atoms with Crippen molar-refractivity contribution >= 4 is 5.78 Å². The lowest BCUT2D eigenvalue weighted by molar-refractivity contribution is -0.122. The van der Waals surface area contributed by atoms with Crippen molar-refractivity contribution in [3.05, 3.63) is 29.8 Å². The lowest BCUT2D eigenvalue weighted by atomic mass is 9.80. The summed E-state index contributed by atoms with van der Waals surface area (Å²) >= 11 is 0. The molecule has 1 fully saturated rings. The minimum absolute atomic E-state index is 0.0758. The van der Waals surface area contributed by atoms with Gasteiger partial charge in [0.1, 0.15) is 11.5 Å². The Morgan fingerprint density at radius 1 is 1.11 bits per heavy atom. The minimum atomic E-state index is 0.0758. The predicted molar refractivity (Wildman–Crippen MR) is 75.5 cm³/mol. The summed E-state index contributed by atoms with van der Waals surface area (Å²) in [7, 11) is 0. The van der Waals surface area contributed by atoms with E-state index in [0.29, 0.717) is 18.3 Å². The van der Waals surface area contributed by atoms with Crippen molar-refractivity contribution < 1.29 is 9.53 Å². The lowest BCUT2D eigenvalue weighted by Gasteiger charge is -2.27. The zero-order chi connectivity index (χ0) is 13.1. The van der Waals surface area contributed by atoms with Crippen LogP contribution >= 0.6 is 0 Å².